The highest BCUT2D eigenvalue weighted by molar-refractivity contribution is 6.33. The van der Waals surface area contributed by atoms with Crippen molar-refractivity contribution in [3.05, 3.63) is 52.2 Å². The van der Waals surface area contributed by atoms with Gasteiger partial charge in [-0.1, -0.05) is 38.3 Å². The number of hydrogen-bond acceptors (Lipinski definition) is 3. The molecule has 1 amide bonds. The van der Waals surface area contributed by atoms with Crippen LogP contribution in [0.5, 0.6) is 0 Å². The van der Waals surface area contributed by atoms with Gasteiger partial charge in [-0.15, -0.1) is 0 Å². The third-order valence-corrected chi connectivity index (χ3v) is 5.70. The number of amides is 1. The van der Waals surface area contributed by atoms with Crippen LogP contribution in [-0.2, 0) is 6.18 Å². The minimum atomic E-state index is -4.46. The summed E-state index contributed by atoms with van der Waals surface area (Å²) in [6.07, 6.45) is 1.76. The molecule has 1 aliphatic carbocycles. The fraction of sp³-hybridized carbons (Fsp3) is 0.455. The second-order valence-electron chi connectivity index (χ2n) is 7.99. The van der Waals surface area contributed by atoms with Crippen LogP contribution in [0.4, 0.5) is 24.7 Å². The van der Waals surface area contributed by atoms with Crippen molar-refractivity contribution in [3.63, 3.8) is 0 Å². The zero-order valence-electron chi connectivity index (χ0n) is 16.9. The van der Waals surface area contributed by atoms with Crippen molar-refractivity contribution in [2.75, 3.05) is 11.9 Å². The molecule has 8 heteroatoms. The van der Waals surface area contributed by atoms with Gasteiger partial charge < -0.3 is 10.6 Å². The molecule has 0 spiro atoms. The van der Waals surface area contributed by atoms with Crippen LogP contribution in [0.2, 0.25) is 5.02 Å². The van der Waals surface area contributed by atoms with E-state index in [-0.39, 0.29) is 16.8 Å². The van der Waals surface area contributed by atoms with Gasteiger partial charge in [-0.3, -0.25) is 4.79 Å². The molecule has 0 aliphatic heterocycles. The molecule has 3 rings (SSSR count). The average molecular weight is 440 g/mol. The maximum absolute atomic E-state index is 12.8. The molecule has 30 heavy (non-hydrogen) atoms. The van der Waals surface area contributed by atoms with Crippen LogP contribution < -0.4 is 10.6 Å². The molecule has 0 atom stereocenters. The van der Waals surface area contributed by atoms with Crippen molar-refractivity contribution in [3.8, 4) is 0 Å². The van der Waals surface area contributed by atoms with E-state index in [1.807, 2.05) is 13.8 Å². The van der Waals surface area contributed by atoms with E-state index in [0.717, 1.165) is 30.5 Å². The number of aromatic nitrogens is 1. The summed E-state index contributed by atoms with van der Waals surface area (Å²) in [6.45, 7) is 4.60. The second-order valence-corrected chi connectivity index (χ2v) is 8.40. The van der Waals surface area contributed by atoms with Gasteiger partial charge in [0.15, 0.2) is 0 Å². The van der Waals surface area contributed by atoms with Crippen molar-refractivity contribution < 1.29 is 18.0 Å². The van der Waals surface area contributed by atoms with E-state index in [9.17, 15) is 18.0 Å². The first-order valence-electron chi connectivity index (χ1n) is 10.1. The number of nitrogens with one attached hydrogen (secondary N) is 2. The Morgan fingerprint density at radius 1 is 1.23 bits per heavy atom. The molecule has 0 bridgehead atoms. The number of alkyl halides is 3. The Morgan fingerprint density at radius 2 is 1.93 bits per heavy atom. The molecule has 1 aliphatic rings. The molecule has 2 N–H and O–H groups in total. The summed E-state index contributed by atoms with van der Waals surface area (Å²) in [5.74, 6) is 0.848. The summed E-state index contributed by atoms with van der Waals surface area (Å²) in [7, 11) is 0. The van der Waals surface area contributed by atoms with E-state index in [0.29, 0.717) is 29.5 Å². The zero-order valence-corrected chi connectivity index (χ0v) is 17.7. The van der Waals surface area contributed by atoms with E-state index in [1.54, 1.807) is 6.07 Å². The summed E-state index contributed by atoms with van der Waals surface area (Å²) in [5, 5.41) is 5.90. The zero-order chi connectivity index (χ0) is 21.9. The smallest absolute Gasteiger partial charge is 0.352 e. The minimum absolute atomic E-state index is 0.0591. The van der Waals surface area contributed by atoms with Gasteiger partial charge in [0.2, 0.25) is 0 Å². The molecule has 1 aromatic carbocycles. The van der Waals surface area contributed by atoms with E-state index in [1.165, 1.54) is 25.1 Å². The van der Waals surface area contributed by atoms with Crippen LogP contribution in [0, 0.1) is 5.92 Å². The number of carbonyl (C=O) groups is 1. The Labute approximate surface area is 179 Å². The van der Waals surface area contributed by atoms with Crippen LogP contribution in [0.15, 0.2) is 30.5 Å². The molecule has 1 fully saturated rings. The van der Waals surface area contributed by atoms with Crippen molar-refractivity contribution in [2.24, 2.45) is 5.92 Å². The van der Waals surface area contributed by atoms with Crippen LogP contribution in [0.3, 0.4) is 0 Å². The van der Waals surface area contributed by atoms with E-state index in [2.05, 4.69) is 15.6 Å². The maximum atomic E-state index is 12.8. The molecular weight excluding hydrogens is 415 g/mol. The third-order valence-electron chi connectivity index (χ3n) is 5.39. The quantitative estimate of drug-likeness (QED) is 0.537. The van der Waals surface area contributed by atoms with Crippen molar-refractivity contribution in [1.29, 1.82) is 0 Å². The van der Waals surface area contributed by atoms with Gasteiger partial charge >= 0.3 is 6.18 Å². The van der Waals surface area contributed by atoms with Crippen molar-refractivity contribution >= 4 is 29.0 Å². The summed E-state index contributed by atoms with van der Waals surface area (Å²) in [6, 6.07) is 4.84. The number of hydrogen-bond donors (Lipinski definition) is 2. The highest BCUT2D eigenvalue weighted by Gasteiger charge is 2.31. The van der Waals surface area contributed by atoms with Gasteiger partial charge in [-0.2, -0.15) is 13.2 Å². The molecule has 2 aromatic rings. The maximum Gasteiger partial charge on any atom is 0.416 e. The minimum Gasteiger partial charge on any atom is -0.352 e. The molecule has 4 nitrogen and oxygen atoms in total. The van der Waals surface area contributed by atoms with Gasteiger partial charge in [0.25, 0.3) is 5.91 Å². The number of halogens is 4. The highest BCUT2D eigenvalue weighted by Crippen LogP contribution is 2.35. The SMILES string of the molecule is CC(C)c1cc(Nc2ccc(C(F)(F)F)cc2Cl)ncc1C(=O)NCC1CCCC1. The summed E-state index contributed by atoms with van der Waals surface area (Å²) >= 11 is 6.02. The predicted octanol–water partition coefficient (Wildman–Crippen LogP) is 6.54. The van der Waals surface area contributed by atoms with Crippen LogP contribution in [-0.4, -0.2) is 17.4 Å². The lowest BCUT2D eigenvalue weighted by atomic mass is 9.98. The van der Waals surface area contributed by atoms with Gasteiger partial charge in [0.1, 0.15) is 5.82 Å². The first kappa shape index (κ1) is 22.4. The lowest BCUT2D eigenvalue weighted by Crippen LogP contribution is -2.29. The molecule has 1 saturated carbocycles. The number of nitrogens with zero attached hydrogens (tertiary/aromatic N) is 1. The second kappa shape index (κ2) is 9.25. The Hall–Kier alpha value is -2.28. The Balaban J connectivity index is 1.77. The van der Waals surface area contributed by atoms with Crippen LogP contribution >= 0.6 is 11.6 Å². The highest BCUT2D eigenvalue weighted by atomic mass is 35.5. The van der Waals surface area contributed by atoms with Crippen molar-refractivity contribution in [1.82, 2.24) is 10.3 Å². The Bertz CT molecular complexity index is 909. The number of rotatable bonds is 6. The fourth-order valence-corrected chi connectivity index (χ4v) is 3.91. The predicted molar refractivity (Wildman–Crippen MR) is 112 cm³/mol. The lowest BCUT2D eigenvalue weighted by Gasteiger charge is -2.17. The topological polar surface area (TPSA) is 54.0 Å². The molecule has 1 heterocycles. The molecular formula is C22H25ClF3N3O. The van der Waals surface area contributed by atoms with Crippen molar-refractivity contribution in [2.45, 2.75) is 51.6 Å². The normalized spacial score (nSPS) is 14.9. The largest absolute Gasteiger partial charge is 0.416 e. The van der Waals surface area contributed by atoms with E-state index < -0.39 is 11.7 Å². The number of anilines is 2. The number of pyridine rings is 1. The lowest BCUT2D eigenvalue weighted by molar-refractivity contribution is -0.137. The molecule has 0 unspecified atom stereocenters. The summed E-state index contributed by atoms with van der Waals surface area (Å²) in [5.41, 5.74) is 0.806. The fourth-order valence-electron chi connectivity index (χ4n) is 3.68. The first-order valence-corrected chi connectivity index (χ1v) is 10.4. The third kappa shape index (κ3) is 5.45. The number of benzene rings is 1. The average Bonchev–Trinajstić information content (AvgIpc) is 3.20. The molecule has 162 valence electrons. The van der Waals surface area contributed by atoms with Gasteiger partial charge in [-0.25, -0.2) is 4.98 Å². The summed E-state index contributed by atoms with van der Waals surface area (Å²) < 4.78 is 38.5. The standard InChI is InChI=1S/C22H25ClF3N3O/c1-13(2)16-10-20(29-19-8-7-15(9-18(19)23)22(24,25)26)27-12-17(16)21(30)28-11-14-5-3-4-6-14/h7-10,12-14H,3-6,11H2,1-2H3,(H,27,29)(H,28,30). The first-order chi connectivity index (χ1) is 14.1. The Morgan fingerprint density at radius 3 is 2.53 bits per heavy atom. The van der Waals surface area contributed by atoms with Gasteiger partial charge in [-0.05, 0) is 54.5 Å². The molecule has 1 aromatic heterocycles. The molecule has 0 saturated heterocycles. The summed E-state index contributed by atoms with van der Waals surface area (Å²) in [4.78, 5) is 17.0. The monoisotopic (exact) mass is 439 g/mol. The van der Waals surface area contributed by atoms with Crippen LogP contribution in [0.25, 0.3) is 0 Å². The van der Waals surface area contributed by atoms with Gasteiger partial charge in [0, 0.05) is 12.7 Å². The van der Waals surface area contributed by atoms with E-state index >= 15 is 0 Å². The Kier molecular flexibility index (Phi) is 6.91. The molecule has 0 radical (unpaired) electrons. The van der Waals surface area contributed by atoms with Crippen LogP contribution in [0.1, 0.15) is 66.9 Å². The van der Waals surface area contributed by atoms with Gasteiger partial charge in [0.05, 0.1) is 21.8 Å². The number of carbonyl (C=O) groups excluding carboxylic acids is 1. The van der Waals surface area contributed by atoms with E-state index in [4.69, 9.17) is 11.6 Å².